The molecule has 2 N–H and O–H groups in total. The van der Waals surface area contributed by atoms with Crippen molar-refractivity contribution in [2.24, 2.45) is 28.6 Å². The number of hydrogen-bond acceptors (Lipinski definition) is 4. The topological polar surface area (TPSA) is 83.5 Å². The van der Waals surface area contributed by atoms with E-state index >= 15 is 0 Å². The number of benzene rings is 1. The van der Waals surface area contributed by atoms with E-state index in [1.54, 1.807) is 0 Å². The van der Waals surface area contributed by atoms with Crippen LogP contribution in [0.25, 0.3) is 0 Å². The number of fused-ring (bicyclic) bond motifs is 1. The number of phenolic OH excluding ortho intramolecular Hbond substituents is 1. The molecule has 1 amide bonds. The van der Waals surface area contributed by atoms with Crippen LogP contribution in [0.5, 0.6) is 5.75 Å². The molecule has 29 heavy (non-hydrogen) atoms. The van der Waals surface area contributed by atoms with E-state index in [9.17, 15) is 18.3 Å². The third kappa shape index (κ3) is 4.05. The smallest absolute Gasteiger partial charge is 0.251 e. The molecule has 0 aromatic heterocycles. The van der Waals surface area contributed by atoms with Crippen molar-refractivity contribution in [2.75, 3.05) is 12.8 Å². The van der Waals surface area contributed by atoms with Gasteiger partial charge < -0.3 is 10.4 Å². The molecule has 3 rings (SSSR count). The SMILES string of the molecule is CNC(=O)c1cc(O)cc(S(=O)(=O)CC2C(C)CCC3C(C)(C)CCCC23C)c1. The van der Waals surface area contributed by atoms with Gasteiger partial charge in [-0.05, 0) is 66.0 Å². The van der Waals surface area contributed by atoms with Gasteiger partial charge in [0.1, 0.15) is 5.75 Å². The third-order valence-electron chi connectivity index (χ3n) is 7.86. The molecule has 2 aliphatic rings. The lowest BCUT2D eigenvalue weighted by atomic mass is 9.47. The van der Waals surface area contributed by atoms with Crippen molar-refractivity contribution in [2.45, 2.75) is 64.7 Å². The van der Waals surface area contributed by atoms with E-state index in [0.717, 1.165) is 25.7 Å². The lowest BCUT2D eigenvalue weighted by Gasteiger charge is -2.59. The summed E-state index contributed by atoms with van der Waals surface area (Å²) >= 11 is 0. The summed E-state index contributed by atoms with van der Waals surface area (Å²) in [5, 5.41) is 12.5. The monoisotopic (exact) mass is 421 g/mol. The van der Waals surface area contributed by atoms with E-state index < -0.39 is 15.7 Å². The van der Waals surface area contributed by atoms with E-state index in [2.05, 4.69) is 33.0 Å². The molecule has 0 radical (unpaired) electrons. The normalized spacial score (nSPS) is 31.7. The number of hydrogen-bond donors (Lipinski definition) is 2. The minimum atomic E-state index is -3.65. The van der Waals surface area contributed by atoms with Gasteiger partial charge in [0.05, 0.1) is 10.6 Å². The maximum absolute atomic E-state index is 13.4. The van der Waals surface area contributed by atoms with Crippen molar-refractivity contribution >= 4 is 15.7 Å². The third-order valence-corrected chi connectivity index (χ3v) is 9.61. The van der Waals surface area contributed by atoms with Crippen LogP contribution in [0.3, 0.4) is 0 Å². The summed E-state index contributed by atoms with van der Waals surface area (Å²) in [4.78, 5) is 12.0. The fourth-order valence-corrected chi connectivity index (χ4v) is 8.32. The number of carbonyl (C=O) groups is 1. The first kappa shape index (κ1) is 22.1. The molecule has 0 spiro atoms. The van der Waals surface area contributed by atoms with Crippen LogP contribution < -0.4 is 5.32 Å². The van der Waals surface area contributed by atoms with Crippen molar-refractivity contribution in [3.05, 3.63) is 23.8 Å². The van der Waals surface area contributed by atoms with Gasteiger partial charge in [0.2, 0.25) is 0 Å². The number of amides is 1. The molecule has 162 valence electrons. The highest BCUT2D eigenvalue weighted by Gasteiger charge is 2.54. The van der Waals surface area contributed by atoms with Gasteiger partial charge in [0.15, 0.2) is 9.84 Å². The van der Waals surface area contributed by atoms with Crippen molar-refractivity contribution < 1.29 is 18.3 Å². The molecule has 2 fully saturated rings. The summed E-state index contributed by atoms with van der Waals surface area (Å²) in [6.07, 6.45) is 5.61. The van der Waals surface area contributed by atoms with Crippen molar-refractivity contribution in [1.29, 1.82) is 0 Å². The zero-order valence-electron chi connectivity index (χ0n) is 18.3. The molecule has 1 aromatic rings. The lowest BCUT2D eigenvalue weighted by Crippen LogP contribution is -2.52. The Hall–Kier alpha value is -1.56. The maximum Gasteiger partial charge on any atom is 0.251 e. The molecule has 4 unspecified atom stereocenters. The molecule has 2 saturated carbocycles. The second-order valence-electron chi connectivity index (χ2n) is 10.1. The highest BCUT2D eigenvalue weighted by atomic mass is 32.2. The van der Waals surface area contributed by atoms with Crippen molar-refractivity contribution in [3.8, 4) is 5.75 Å². The van der Waals surface area contributed by atoms with Crippen LogP contribution in [0.2, 0.25) is 0 Å². The highest BCUT2D eigenvalue weighted by molar-refractivity contribution is 7.91. The van der Waals surface area contributed by atoms with Gasteiger partial charge in [0.25, 0.3) is 5.91 Å². The van der Waals surface area contributed by atoms with Gasteiger partial charge in [-0.1, -0.05) is 40.5 Å². The Morgan fingerprint density at radius 3 is 2.52 bits per heavy atom. The first-order valence-corrected chi connectivity index (χ1v) is 12.3. The minimum Gasteiger partial charge on any atom is -0.508 e. The molecule has 6 heteroatoms. The average molecular weight is 422 g/mol. The van der Waals surface area contributed by atoms with E-state index in [4.69, 9.17) is 0 Å². The second-order valence-corrected chi connectivity index (χ2v) is 12.2. The number of sulfone groups is 1. The van der Waals surface area contributed by atoms with Crippen LogP contribution in [0.15, 0.2) is 23.1 Å². The summed E-state index contributed by atoms with van der Waals surface area (Å²) in [5.74, 6) is 0.361. The molecule has 1 aromatic carbocycles. The fraction of sp³-hybridized carbons (Fsp3) is 0.696. The molecule has 4 atom stereocenters. The molecule has 0 saturated heterocycles. The minimum absolute atomic E-state index is 0.00701. The number of nitrogens with one attached hydrogen (secondary N) is 1. The number of aromatic hydroxyl groups is 1. The molecule has 2 aliphatic carbocycles. The van der Waals surface area contributed by atoms with Gasteiger partial charge in [-0.2, -0.15) is 0 Å². The fourth-order valence-electron chi connectivity index (χ4n) is 6.34. The summed E-state index contributed by atoms with van der Waals surface area (Å²) in [5.41, 5.74) is 0.380. The summed E-state index contributed by atoms with van der Waals surface area (Å²) in [7, 11) is -2.16. The summed E-state index contributed by atoms with van der Waals surface area (Å²) < 4.78 is 26.8. The van der Waals surface area contributed by atoms with Crippen LogP contribution in [0, 0.1) is 28.6 Å². The van der Waals surface area contributed by atoms with Crippen molar-refractivity contribution in [3.63, 3.8) is 0 Å². The van der Waals surface area contributed by atoms with Gasteiger partial charge in [0, 0.05) is 12.6 Å². The van der Waals surface area contributed by atoms with E-state index in [1.165, 1.54) is 31.7 Å². The zero-order chi connectivity index (χ0) is 21.6. The summed E-state index contributed by atoms with van der Waals surface area (Å²) in [6, 6.07) is 3.94. The Morgan fingerprint density at radius 2 is 1.86 bits per heavy atom. The van der Waals surface area contributed by atoms with Crippen molar-refractivity contribution in [1.82, 2.24) is 5.32 Å². The largest absolute Gasteiger partial charge is 0.508 e. The van der Waals surface area contributed by atoms with Crippen LogP contribution in [0.1, 0.15) is 70.2 Å². The van der Waals surface area contributed by atoms with Crippen LogP contribution in [-0.4, -0.2) is 32.2 Å². The molecule has 0 bridgehead atoms. The van der Waals surface area contributed by atoms with Crippen LogP contribution in [0.4, 0.5) is 0 Å². The van der Waals surface area contributed by atoms with E-state index in [-0.39, 0.29) is 38.7 Å². The molecule has 0 aliphatic heterocycles. The Kier molecular flexibility index (Phi) is 5.80. The Morgan fingerprint density at radius 1 is 1.17 bits per heavy atom. The van der Waals surface area contributed by atoms with E-state index in [1.807, 2.05) is 0 Å². The first-order valence-electron chi connectivity index (χ1n) is 10.7. The molecule has 0 heterocycles. The molecular formula is C23H35NO4S. The highest BCUT2D eigenvalue weighted by Crippen LogP contribution is 2.61. The standard InChI is InChI=1S/C23H35NO4S/c1-15-7-8-20-22(2,3)9-6-10-23(20,4)19(15)14-29(27,28)18-12-16(21(26)24-5)11-17(25)13-18/h11-13,15,19-20,25H,6-10,14H2,1-5H3,(H,24,26). The van der Waals surface area contributed by atoms with Gasteiger partial charge >= 0.3 is 0 Å². The van der Waals surface area contributed by atoms with Gasteiger partial charge in [-0.3, -0.25) is 4.79 Å². The lowest BCUT2D eigenvalue weighted by molar-refractivity contribution is -0.0855. The quantitative estimate of drug-likeness (QED) is 0.754. The number of rotatable bonds is 4. The second kappa shape index (κ2) is 7.60. The van der Waals surface area contributed by atoms with Crippen LogP contribution in [-0.2, 0) is 9.84 Å². The zero-order valence-corrected chi connectivity index (χ0v) is 19.1. The molecular weight excluding hydrogens is 386 g/mol. The predicted molar refractivity (Wildman–Crippen MR) is 115 cm³/mol. The van der Waals surface area contributed by atoms with Gasteiger partial charge in [-0.25, -0.2) is 8.42 Å². The van der Waals surface area contributed by atoms with Crippen LogP contribution >= 0.6 is 0 Å². The Bertz CT molecular complexity index is 892. The summed E-state index contributed by atoms with van der Waals surface area (Å²) in [6.45, 7) is 9.15. The van der Waals surface area contributed by atoms with Gasteiger partial charge in [-0.15, -0.1) is 0 Å². The Labute approximate surface area is 175 Å². The average Bonchev–Trinajstić information content (AvgIpc) is 2.63. The Balaban J connectivity index is 1.97. The predicted octanol–water partition coefficient (Wildman–Crippen LogP) is 4.40. The maximum atomic E-state index is 13.4. The number of phenols is 1. The van der Waals surface area contributed by atoms with E-state index in [0.29, 0.717) is 11.8 Å². The molecule has 5 nitrogen and oxygen atoms in total. The first-order chi connectivity index (χ1) is 13.4. The number of carbonyl (C=O) groups excluding carboxylic acids is 1.